The maximum absolute atomic E-state index is 11.7. The van der Waals surface area contributed by atoms with Gasteiger partial charge in [0.05, 0.1) is 12.6 Å². The lowest BCUT2D eigenvalue weighted by Crippen LogP contribution is -2.36. The van der Waals surface area contributed by atoms with Crippen LogP contribution in [0, 0.1) is 5.92 Å². The van der Waals surface area contributed by atoms with Gasteiger partial charge in [-0.3, -0.25) is 4.79 Å². The fourth-order valence-electron chi connectivity index (χ4n) is 2.27. The Morgan fingerprint density at radius 3 is 2.84 bits per heavy atom. The van der Waals surface area contributed by atoms with Gasteiger partial charge in [-0.25, -0.2) is 0 Å². The second-order valence-corrected chi connectivity index (χ2v) is 5.02. The normalized spacial score (nSPS) is 22.4. The van der Waals surface area contributed by atoms with Gasteiger partial charge in [0, 0.05) is 19.7 Å². The van der Waals surface area contributed by atoms with E-state index in [1.807, 2.05) is 30.3 Å². The molecular formula is C15H22N2O2. The first-order chi connectivity index (χ1) is 9.25. The standard InChI is InChI=1S/C15H22N2O2/c1-12-14(7-8-19-12)10-16-11-15(18)17-9-13-5-3-2-4-6-13/h2-6,12,14,16H,7-11H2,1H3,(H,17,18). The highest BCUT2D eigenvalue weighted by Crippen LogP contribution is 2.18. The summed E-state index contributed by atoms with van der Waals surface area (Å²) in [6, 6.07) is 9.93. The zero-order chi connectivity index (χ0) is 13.5. The minimum Gasteiger partial charge on any atom is -0.378 e. The molecule has 2 atom stereocenters. The average molecular weight is 262 g/mol. The van der Waals surface area contributed by atoms with Crippen LogP contribution in [0.2, 0.25) is 0 Å². The zero-order valence-electron chi connectivity index (χ0n) is 11.4. The molecule has 0 aliphatic carbocycles. The number of ether oxygens (including phenoxy) is 1. The first kappa shape index (κ1) is 14.0. The maximum Gasteiger partial charge on any atom is 0.234 e. The summed E-state index contributed by atoms with van der Waals surface area (Å²) in [5, 5.41) is 6.10. The molecule has 0 aromatic heterocycles. The monoisotopic (exact) mass is 262 g/mol. The van der Waals surface area contributed by atoms with Crippen molar-refractivity contribution in [1.29, 1.82) is 0 Å². The van der Waals surface area contributed by atoms with Crippen molar-refractivity contribution >= 4 is 5.91 Å². The van der Waals surface area contributed by atoms with Gasteiger partial charge in [-0.15, -0.1) is 0 Å². The van der Waals surface area contributed by atoms with E-state index in [9.17, 15) is 4.79 Å². The van der Waals surface area contributed by atoms with Crippen LogP contribution < -0.4 is 10.6 Å². The van der Waals surface area contributed by atoms with Crippen molar-refractivity contribution in [3.05, 3.63) is 35.9 Å². The van der Waals surface area contributed by atoms with Crippen LogP contribution in [-0.4, -0.2) is 31.7 Å². The number of nitrogens with one attached hydrogen (secondary N) is 2. The predicted octanol–water partition coefficient (Wildman–Crippen LogP) is 1.32. The van der Waals surface area contributed by atoms with Crippen LogP contribution in [0.4, 0.5) is 0 Å². The molecule has 2 rings (SSSR count). The second kappa shape index (κ2) is 7.26. The summed E-state index contributed by atoms with van der Waals surface area (Å²) in [5.74, 6) is 0.567. The quantitative estimate of drug-likeness (QED) is 0.813. The van der Waals surface area contributed by atoms with Gasteiger partial charge in [-0.1, -0.05) is 30.3 Å². The topological polar surface area (TPSA) is 50.4 Å². The minimum atomic E-state index is 0.0374. The Morgan fingerprint density at radius 1 is 1.37 bits per heavy atom. The number of amides is 1. The molecule has 0 radical (unpaired) electrons. The molecular weight excluding hydrogens is 240 g/mol. The molecule has 1 aliphatic rings. The summed E-state index contributed by atoms with van der Waals surface area (Å²) < 4.78 is 5.49. The molecule has 1 heterocycles. The van der Waals surface area contributed by atoms with E-state index in [1.54, 1.807) is 0 Å². The molecule has 1 fully saturated rings. The Morgan fingerprint density at radius 2 is 2.16 bits per heavy atom. The van der Waals surface area contributed by atoms with Gasteiger partial charge >= 0.3 is 0 Å². The number of rotatable bonds is 6. The maximum atomic E-state index is 11.7. The van der Waals surface area contributed by atoms with Gasteiger partial charge in [0.15, 0.2) is 0 Å². The van der Waals surface area contributed by atoms with Gasteiger partial charge in [0.2, 0.25) is 5.91 Å². The van der Waals surface area contributed by atoms with E-state index in [0.29, 0.717) is 25.1 Å². The largest absolute Gasteiger partial charge is 0.378 e. The van der Waals surface area contributed by atoms with Crippen LogP contribution in [0.25, 0.3) is 0 Å². The molecule has 4 nitrogen and oxygen atoms in total. The Balaban J connectivity index is 1.60. The molecule has 1 aromatic rings. The lowest BCUT2D eigenvalue weighted by atomic mass is 10.0. The fourth-order valence-corrected chi connectivity index (χ4v) is 2.27. The molecule has 0 bridgehead atoms. The Hall–Kier alpha value is -1.39. The molecule has 104 valence electrons. The molecule has 1 aliphatic heterocycles. The van der Waals surface area contributed by atoms with Gasteiger partial charge in [-0.05, 0) is 24.8 Å². The lowest BCUT2D eigenvalue weighted by Gasteiger charge is -2.14. The van der Waals surface area contributed by atoms with E-state index < -0.39 is 0 Å². The van der Waals surface area contributed by atoms with E-state index in [4.69, 9.17) is 4.74 Å². The van der Waals surface area contributed by atoms with Crippen LogP contribution in [-0.2, 0) is 16.1 Å². The Bertz CT molecular complexity index is 394. The van der Waals surface area contributed by atoms with Crippen molar-refractivity contribution < 1.29 is 9.53 Å². The Kier molecular flexibility index (Phi) is 5.36. The van der Waals surface area contributed by atoms with E-state index >= 15 is 0 Å². The van der Waals surface area contributed by atoms with Gasteiger partial charge in [0.25, 0.3) is 0 Å². The molecule has 1 amide bonds. The number of hydrogen-bond donors (Lipinski definition) is 2. The molecule has 0 saturated carbocycles. The smallest absolute Gasteiger partial charge is 0.234 e. The van der Waals surface area contributed by atoms with E-state index in [1.165, 1.54) is 0 Å². The van der Waals surface area contributed by atoms with Crippen LogP contribution >= 0.6 is 0 Å². The molecule has 0 spiro atoms. The molecule has 2 unspecified atom stereocenters. The first-order valence-electron chi connectivity index (χ1n) is 6.88. The second-order valence-electron chi connectivity index (χ2n) is 5.02. The SMILES string of the molecule is CC1OCCC1CNCC(=O)NCc1ccccc1. The third-order valence-electron chi connectivity index (χ3n) is 3.56. The van der Waals surface area contributed by atoms with Crippen LogP contribution in [0.1, 0.15) is 18.9 Å². The Labute approximate surface area is 114 Å². The molecule has 2 N–H and O–H groups in total. The summed E-state index contributed by atoms with van der Waals surface area (Å²) in [7, 11) is 0. The summed E-state index contributed by atoms with van der Waals surface area (Å²) in [4.78, 5) is 11.7. The number of benzene rings is 1. The molecule has 4 heteroatoms. The predicted molar refractivity (Wildman–Crippen MR) is 74.7 cm³/mol. The zero-order valence-corrected chi connectivity index (χ0v) is 11.4. The van der Waals surface area contributed by atoms with Crippen molar-refractivity contribution in [3.8, 4) is 0 Å². The van der Waals surface area contributed by atoms with E-state index in [2.05, 4.69) is 17.6 Å². The highest BCUT2D eigenvalue weighted by atomic mass is 16.5. The summed E-state index contributed by atoms with van der Waals surface area (Å²) in [6.45, 7) is 4.74. The van der Waals surface area contributed by atoms with Crippen LogP contribution in [0.5, 0.6) is 0 Å². The summed E-state index contributed by atoms with van der Waals surface area (Å²) in [5.41, 5.74) is 1.12. The highest BCUT2D eigenvalue weighted by Gasteiger charge is 2.23. The van der Waals surface area contributed by atoms with E-state index in [0.717, 1.165) is 25.1 Å². The van der Waals surface area contributed by atoms with Crippen molar-refractivity contribution in [1.82, 2.24) is 10.6 Å². The van der Waals surface area contributed by atoms with Crippen molar-refractivity contribution in [2.24, 2.45) is 5.92 Å². The lowest BCUT2D eigenvalue weighted by molar-refractivity contribution is -0.120. The highest BCUT2D eigenvalue weighted by molar-refractivity contribution is 5.77. The summed E-state index contributed by atoms with van der Waals surface area (Å²) >= 11 is 0. The molecule has 19 heavy (non-hydrogen) atoms. The van der Waals surface area contributed by atoms with Gasteiger partial charge in [-0.2, -0.15) is 0 Å². The third-order valence-corrected chi connectivity index (χ3v) is 3.56. The fraction of sp³-hybridized carbons (Fsp3) is 0.533. The summed E-state index contributed by atoms with van der Waals surface area (Å²) in [6.07, 6.45) is 1.39. The first-order valence-corrected chi connectivity index (χ1v) is 6.88. The third kappa shape index (κ3) is 4.65. The minimum absolute atomic E-state index is 0.0374. The van der Waals surface area contributed by atoms with Gasteiger partial charge in [0.1, 0.15) is 0 Å². The van der Waals surface area contributed by atoms with Crippen LogP contribution in [0.15, 0.2) is 30.3 Å². The van der Waals surface area contributed by atoms with Crippen molar-refractivity contribution in [2.75, 3.05) is 19.7 Å². The molecule has 1 saturated heterocycles. The van der Waals surface area contributed by atoms with E-state index in [-0.39, 0.29) is 5.91 Å². The average Bonchev–Trinajstić information content (AvgIpc) is 2.83. The van der Waals surface area contributed by atoms with Crippen molar-refractivity contribution in [2.45, 2.75) is 26.0 Å². The van der Waals surface area contributed by atoms with Crippen LogP contribution in [0.3, 0.4) is 0 Å². The number of carbonyl (C=O) groups excluding carboxylic acids is 1. The van der Waals surface area contributed by atoms with Crippen molar-refractivity contribution in [3.63, 3.8) is 0 Å². The molecule has 1 aromatic carbocycles. The number of carbonyl (C=O) groups is 1. The van der Waals surface area contributed by atoms with Gasteiger partial charge < -0.3 is 15.4 Å². The number of hydrogen-bond acceptors (Lipinski definition) is 3.